The average molecular weight is 368 g/mol. The molecule has 1 aromatic rings. The Morgan fingerprint density at radius 1 is 0.704 bits per heavy atom. The van der Waals surface area contributed by atoms with Crippen molar-refractivity contribution in [3.8, 4) is 0 Å². The molecule has 3 rings (SSSR count). The predicted octanol–water partition coefficient (Wildman–Crippen LogP) is 8.03. The third-order valence-electron chi connectivity index (χ3n) is 7.95. The number of benzene rings is 1. The van der Waals surface area contributed by atoms with Crippen LogP contribution in [0.15, 0.2) is 30.3 Å². The Morgan fingerprint density at radius 3 is 1.56 bits per heavy atom. The molecule has 6 unspecified atom stereocenters. The molecule has 6 atom stereocenters. The Morgan fingerprint density at radius 2 is 1.15 bits per heavy atom. The van der Waals surface area contributed by atoms with Crippen molar-refractivity contribution in [2.24, 2.45) is 47.3 Å². The lowest BCUT2D eigenvalue weighted by molar-refractivity contribution is 0.0955. The molecule has 0 nitrogen and oxygen atoms in total. The van der Waals surface area contributed by atoms with E-state index < -0.39 is 0 Å². The zero-order valence-corrected chi connectivity index (χ0v) is 18.7. The Hall–Kier alpha value is -0.780. The summed E-state index contributed by atoms with van der Waals surface area (Å²) in [5, 5.41) is 0. The highest BCUT2D eigenvalue weighted by molar-refractivity contribution is 5.35. The first kappa shape index (κ1) is 20.9. The minimum atomic E-state index is 0.785. The van der Waals surface area contributed by atoms with Crippen molar-refractivity contribution in [1.29, 1.82) is 0 Å². The number of rotatable bonds is 5. The standard InChI is InChI=1S/C27H43/c1-18(2)23-14-12-20(5)16-25(23)27(22-10-8-7-9-11-22)26-17-21(6)13-15-24(26)19(3)4/h7-11,18-21,23-26H,12-17H2,1-6H3. The summed E-state index contributed by atoms with van der Waals surface area (Å²) in [5.41, 5.74) is 1.56. The van der Waals surface area contributed by atoms with E-state index in [1.165, 1.54) is 38.5 Å². The summed E-state index contributed by atoms with van der Waals surface area (Å²) < 4.78 is 0. The predicted molar refractivity (Wildman–Crippen MR) is 118 cm³/mol. The van der Waals surface area contributed by atoms with Crippen LogP contribution in [0, 0.1) is 53.3 Å². The molecule has 0 spiro atoms. The molecule has 2 fully saturated rings. The fraction of sp³-hybridized carbons (Fsp3) is 0.741. The van der Waals surface area contributed by atoms with Gasteiger partial charge in [0.1, 0.15) is 0 Å². The molecule has 1 radical (unpaired) electrons. The van der Waals surface area contributed by atoms with Crippen LogP contribution in [0.3, 0.4) is 0 Å². The van der Waals surface area contributed by atoms with Crippen LogP contribution in [0.1, 0.15) is 85.6 Å². The maximum absolute atomic E-state index is 2.50. The van der Waals surface area contributed by atoms with Gasteiger partial charge in [0.2, 0.25) is 0 Å². The van der Waals surface area contributed by atoms with Crippen LogP contribution in [-0.4, -0.2) is 0 Å². The maximum Gasteiger partial charge on any atom is 0.0117 e. The minimum Gasteiger partial charge on any atom is -0.0625 e. The second-order valence-corrected chi connectivity index (χ2v) is 10.7. The van der Waals surface area contributed by atoms with Crippen molar-refractivity contribution in [3.63, 3.8) is 0 Å². The molecular formula is C27H43. The molecule has 0 aliphatic heterocycles. The van der Waals surface area contributed by atoms with E-state index in [0.29, 0.717) is 0 Å². The molecule has 0 amide bonds. The second-order valence-electron chi connectivity index (χ2n) is 10.7. The van der Waals surface area contributed by atoms with Crippen LogP contribution in [-0.2, 0) is 0 Å². The molecule has 0 heteroatoms. The van der Waals surface area contributed by atoms with E-state index in [2.05, 4.69) is 71.9 Å². The maximum atomic E-state index is 2.50. The van der Waals surface area contributed by atoms with Crippen molar-refractivity contribution < 1.29 is 0 Å². The third-order valence-corrected chi connectivity index (χ3v) is 7.95. The lowest BCUT2D eigenvalue weighted by Gasteiger charge is -2.49. The molecule has 1 aromatic carbocycles. The van der Waals surface area contributed by atoms with E-state index in [-0.39, 0.29) is 0 Å². The molecule has 151 valence electrons. The van der Waals surface area contributed by atoms with E-state index >= 15 is 0 Å². The largest absolute Gasteiger partial charge is 0.0625 e. The average Bonchev–Trinajstić information content (AvgIpc) is 2.62. The normalized spacial score (nSPS) is 35.1. The summed E-state index contributed by atoms with van der Waals surface area (Å²) in [6.07, 6.45) is 8.51. The van der Waals surface area contributed by atoms with Gasteiger partial charge in [0.05, 0.1) is 0 Å². The molecule has 27 heavy (non-hydrogen) atoms. The van der Waals surface area contributed by atoms with Crippen molar-refractivity contribution in [3.05, 3.63) is 41.8 Å². The van der Waals surface area contributed by atoms with Crippen molar-refractivity contribution >= 4 is 0 Å². The zero-order valence-electron chi connectivity index (χ0n) is 18.7. The van der Waals surface area contributed by atoms with Crippen molar-refractivity contribution in [2.45, 2.75) is 80.1 Å². The van der Waals surface area contributed by atoms with Crippen molar-refractivity contribution in [1.82, 2.24) is 0 Å². The number of hydrogen-bond donors (Lipinski definition) is 0. The number of hydrogen-bond acceptors (Lipinski definition) is 0. The van der Waals surface area contributed by atoms with Gasteiger partial charge in [0.25, 0.3) is 0 Å². The Balaban J connectivity index is 2.02. The Bertz CT molecular complexity index is 525. The van der Waals surface area contributed by atoms with E-state index in [0.717, 1.165) is 47.3 Å². The second kappa shape index (κ2) is 9.15. The van der Waals surface area contributed by atoms with Gasteiger partial charge in [-0.2, -0.15) is 0 Å². The molecular weight excluding hydrogens is 324 g/mol. The SMILES string of the molecule is CC1CCC(C(C)C)C([C](c2ccccc2)C2CC(C)CCC2C(C)C)C1. The minimum absolute atomic E-state index is 0.785. The first-order valence-electron chi connectivity index (χ1n) is 11.8. The summed E-state index contributed by atoms with van der Waals surface area (Å²) in [5.74, 6) is 8.48. The lowest BCUT2D eigenvalue weighted by atomic mass is 9.55. The molecule has 2 aliphatic carbocycles. The van der Waals surface area contributed by atoms with Crippen molar-refractivity contribution in [2.75, 3.05) is 0 Å². The molecule has 0 heterocycles. The van der Waals surface area contributed by atoms with Gasteiger partial charge in [0, 0.05) is 5.92 Å². The van der Waals surface area contributed by atoms with E-state index in [1.807, 2.05) is 5.92 Å². The topological polar surface area (TPSA) is 0 Å². The van der Waals surface area contributed by atoms with Gasteiger partial charge in [-0.3, -0.25) is 0 Å². The third kappa shape index (κ3) is 4.80. The van der Waals surface area contributed by atoms with Crippen LogP contribution >= 0.6 is 0 Å². The van der Waals surface area contributed by atoms with E-state index in [9.17, 15) is 0 Å². The zero-order chi connectivity index (χ0) is 19.6. The van der Waals surface area contributed by atoms with Gasteiger partial charge in [0.15, 0.2) is 0 Å². The monoisotopic (exact) mass is 367 g/mol. The highest BCUT2D eigenvalue weighted by Crippen LogP contribution is 2.53. The quantitative estimate of drug-likeness (QED) is 0.494. The van der Waals surface area contributed by atoms with Crippen LogP contribution in [0.2, 0.25) is 0 Å². The van der Waals surface area contributed by atoms with Gasteiger partial charge in [-0.1, -0.05) is 84.7 Å². The van der Waals surface area contributed by atoms with Gasteiger partial charge in [-0.05, 0) is 78.6 Å². The lowest BCUT2D eigenvalue weighted by Crippen LogP contribution is -2.40. The molecule has 2 saturated carbocycles. The molecule has 2 aliphatic rings. The molecule has 0 N–H and O–H groups in total. The summed E-state index contributed by atoms with van der Waals surface area (Å²) in [6, 6.07) is 11.6. The van der Waals surface area contributed by atoms with Gasteiger partial charge < -0.3 is 0 Å². The summed E-state index contributed by atoms with van der Waals surface area (Å²) in [4.78, 5) is 0. The summed E-state index contributed by atoms with van der Waals surface area (Å²) >= 11 is 0. The molecule has 0 bridgehead atoms. The highest BCUT2D eigenvalue weighted by atomic mass is 14.5. The highest BCUT2D eigenvalue weighted by Gasteiger charge is 2.44. The fourth-order valence-electron chi connectivity index (χ4n) is 6.45. The summed E-state index contributed by atoms with van der Waals surface area (Å²) in [6.45, 7) is 14.9. The van der Waals surface area contributed by atoms with E-state index in [1.54, 1.807) is 5.56 Å². The van der Waals surface area contributed by atoms with Crippen LogP contribution in [0.4, 0.5) is 0 Å². The smallest absolute Gasteiger partial charge is 0.0117 e. The first-order valence-corrected chi connectivity index (χ1v) is 11.8. The summed E-state index contributed by atoms with van der Waals surface area (Å²) in [7, 11) is 0. The first-order chi connectivity index (χ1) is 12.9. The van der Waals surface area contributed by atoms with Gasteiger partial charge >= 0.3 is 0 Å². The Labute approximate surface area is 169 Å². The molecule has 0 aromatic heterocycles. The van der Waals surface area contributed by atoms with Gasteiger partial charge in [-0.15, -0.1) is 0 Å². The Kier molecular flexibility index (Phi) is 7.09. The van der Waals surface area contributed by atoms with E-state index in [4.69, 9.17) is 0 Å². The molecule has 0 saturated heterocycles. The van der Waals surface area contributed by atoms with Crippen LogP contribution in [0.25, 0.3) is 0 Å². The fourth-order valence-corrected chi connectivity index (χ4v) is 6.45. The van der Waals surface area contributed by atoms with Gasteiger partial charge in [-0.25, -0.2) is 0 Å². The van der Waals surface area contributed by atoms with Crippen LogP contribution < -0.4 is 0 Å². The van der Waals surface area contributed by atoms with Crippen LogP contribution in [0.5, 0.6) is 0 Å².